The maximum atomic E-state index is 12.7. The van der Waals surface area contributed by atoms with E-state index in [0.29, 0.717) is 12.0 Å². The van der Waals surface area contributed by atoms with Gasteiger partial charge in [0, 0.05) is 23.1 Å². The summed E-state index contributed by atoms with van der Waals surface area (Å²) in [5.74, 6) is 0. The van der Waals surface area contributed by atoms with E-state index in [1.165, 1.54) is 10.8 Å². The second-order valence-electron chi connectivity index (χ2n) is 9.19. The molecule has 1 aliphatic rings. The van der Waals surface area contributed by atoms with Crippen molar-refractivity contribution < 1.29 is 9.47 Å². The number of H-pyrrole nitrogens is 1. The Morgan fingerprint density at radius 3 is 2.00 bits per heavy atom. The molecule has 0 bridgehead atoms. The Labute approximate surface area is 218 Å². The van der Waals surface area contributed by atoms with E-state index in [4.69, 9.17) is 15.0 Å². The van der Waals surface area contributed by atoms with Crippen LogP contribution in [0.15, 0.2) is 112 Å². The van der Waals surface area contributed by atoms with Crippen LogP contribution in [0.4, 0.5) is 0 Å². The maximum Gasteiger partial charge on any atom is 0.330 e. The summed E-state index contributed by atoms with van der Waals surface area (Å²) in [6.45, 7) is 1.64. The molecule has 0 aliphatic carbocycles. The maximum absolute atomic E-state index is 12.7. The molecule has 1 saturated heterocycles. The van der Waals surface area contributed by atoms with Gasteiger partial charge in [0.25, 0.3) is 5.56 Å². The molecule has 0 spiro atoms. The Balaban J connectivity index is 1.64. The summed E-state index contributed by atoms with van der Waals surface area (Å²) < 4.78 is 14.7. The molecule has 2 heterocycles. The van der Waals surface area contributed by atoms with E-state index in [0.717, 1.165) is 16.7 Å². The Morgan fingerprint density at radius 1 is 0.974 bits per heavy atom. The number of benzene rings is 3. The van der Waals surface area contributed by atoms with Gasteiger partial charge in [-0.15, -0.1) is 0 Å². The van der Waals surface area contributed by atoms with Gasteiger partial charge >= 0.3 is 5.69 Å². The van der Waals surface area contributed by atoms with Gasteiger partial charge in [0.15, 0.2) is 0 Å². The molecular formula is C29H27N5O4. The fraction of sp³-hybridized carbons (Fsp3) is 0.241. The third-order valence-electron chi connectivity index (χ3n) is 6.83. The first kappa shape index (κ1) is 25.2. The van der Waals surface area contributed by atoms with E-state index in [1.807, 2.05) is 91.0 Å². The van der Waals surface area contributed by atoms with Crippen molar-refractivity contribution in [3.8, 4) is 0 Å². The molecule has 0 amide bonds. The first-order valence-corrected chi connectivity index (χ1v) is 12.4. The summed E-state index contributed by atoms with van der Waals surface area (Å²) >= 11 is 0. The Morgan fingerprint density at radius 2 is 1.50 bits per heavy atom. The van der Waals surface area contributed by atoms with E-state index in [9.17, 15) is 9.59 Å². The zero-order valence-electron chi connectivity index (χ0n) is 20.8. The van der Waals surface area contributed by atoms with Crippen LogP contribution in [0.3, 0.4) is 0 Å². The highest BCUT2D eigenvalue weighted by molar-refractivity contribution is 5.47. The molecule has 1 aromatic heterocycles. The topological polar surface area (TPSA) is 122 Å². The molecule has 0 saturated carbocycles. The van der Waals surface area contributed by atoms with Crippen molar-refractivity contribution in [3.05, 3.63) is 151 Å². The highest BCUT2D eigenvalue weighted by atomic mass is 16.6. The quantitative estimate of drug-likeness (QED) is 0.158. The molecule has 9 heteroatoms. The summed E-state index contributed by atoms with van der Waals surface area (Å²) in [6, 6.07) is 29.8. The standard InChI is InChI=1S/C29H27N5O4/c1-20-19-34(28(36)32-27(20)35)26-17-24(25(37-26)18-31-33-30)38-29(21-11-5-2-6-12-21,22-13-7-3-8-14-22)23-15-9-4-10-16-23/h2-16,19,24-26H,17-18H2,1H3,(H,32,35,36)/t24-,25+,26+/m0/s1. The van der Waals surface area contributed by atoms with E-state index < -0.39 is 35.3 Å². The van der Waals surface area contributed by atoms with Crippen LogP contribution in [-0.2, 0) is 15.1 Å². The number of ether oxygens (including phenoxy) is 2. The molecule has 1 fully saturated rings. The molecule has 192 valence electrons. The predicted molar refractivity (Wildman–Crippen MR) is 143 cm³/mol. The summed E-state index contributed by atoms with van der Waals surface area (Å²) in [4.78, 5) is 29.9. The molecule has 38 heavy (non-hydrogen) atoms. The molecule has 3 aromatic carbocycles. The first-order valence-electron chi connectivity index (χ1n) is 12.4. The van der Waals surface area contributed by atoms with Crippen molar-refractivity contribution in [2.75, 3.05) is 6.54 Å². The first-order chi connectivity index (χ1) is 18.5. The number of hydrogen-bond acceptors (Lipinski definition) is 5. The molecule has 4 aromatic rings. The van der Waals surface area contributed by atoms with Gasteiger partial charge in [-0.05, 0) is 29.1 Å². The number of nitrogens with zero attached hydrogens (tertiary/aromatic N) is 4. The lowest BCUT2D eigenvalue weighted by atomic mass is 9.79. The normalized spacial score (nSPS) is 19.1. The molecule has 0 unspecified atom stereocenters. The van der Waals surface area contributed by atoms with Gasteiger partial charge in [0.05, 0.1) is 18.8 Å². The number of aromatic amines is 1. The zero-order chi connectivity index (χ0) is 26.5. The lowest BCUT2D eigenvalue weighted by Gasteiger charge is -2.39. The summed E-state index contributed by atoms with van der Waals surface area (Å²) in [5.41, 5.74) is 10.1. The number of aryl methyl sites for hydroxylation is 1. The number of aromatic nitrogens is 2. The lowest BCUT2D eigenvalue weighted by Crippen LogP contribution is -2.40. The van der Waals surface area contributed by atoms with Gasteiger partial charge in [-0.3, -0.25) is 14.3 Å². The second kappa shape index (κ2) is 10.9. The van der Waals surface area contributed by atoms with Crippen molar-refractivity contribution in [3.63, 3.8) is 0 Å². The SMILES string of the molecule is Cc1cn([C@H]2C[C@H](OC(c3ccccc3)(c3ccccc3)c3ccccc3)[C@@H](CN=[N+]=[N-])O2)c(=O)[nH]c1=O. The molecular weight excluding hydrogens is 482 g/mol. The number of hydrogen-bond donors (Lipinski definition) is 1. The Kier molecular flexibility index (Phi) is 7.24. The third-order valence-corrected chi connectivity index (χ3v) is 6.83. The zero-order valence-corrected chi connectivity index (χ0v) is 20.8. The smallest absolute Gasteiger partial charge is 0.330 e. The van der Waals surface area contributed by atoms with Crippen molar-refractivity contribution in [2.45, 2.75) is 37.4 Å². The van der Waals surface area contributed by atoms with Crippen LogP contribution in [-0.4, -0.2) is 28.3 Å². The average molecular weight is 510 g/mol. The van der Waals surface area contributed by atoms with Gasteiger partial charge in [0.1, 0.15) is 11.8 Å². The number of azide groups is 1. The minimum absolute atomic E-state index is 0.0171. The van der Waals surface area contributed by atoms with Gasteiger partial charge in [-0.25, -0.2) is 4.79 Å². The number of rotatable bonds is 8. The van der Waals surface area contributed by atoms with Gasteiger partial charge < -0.3 is 9.47 Å². The number of nitrogens with one attached hydrogen (secondary N) is 1. The molecule has 5 rings (SSSR count). The predicted octanol–water partition coefficient (Wildman–Crippen LogP) is 4.82. The second-order valence-corrected chi connectivity index (χ2v) is 9.19. The molecule has 3 atom stereocenters. The molecule has 1 N–H and O–H groups in total. The van der Waals surface area contributed by atoms with Crippen LogP contribution in [0, 0.1) is 6.92 Å². The van der Waals surface area contributed by atoms with Crippen molar-refractivity contribution in [1.82, 2.24) is 9.55 Å². The van der Waals surface area contributed by atoms with Crippen LogP contribution in [0.2, 0.25) is 0 Å². The highest BCUT2D eigenvalue weighted by Crippen LogP contribution is 2.44. The van der Waals surface area contributed by atoms with Crippen molar-refractivity contribution >= 4 is 0 Å². The van der Waals surface area contributed by atoms with Crippen LogP contribution in [0.25, 0.3) is 10.4 Å². The summed E-state index contributed by atoms with van der Waals surface area (Å²) in [6.07, 6.45) is -0.138. The van der Waals surface area contributed by atoms with Gasteiger partial charge in [0.2, 0.25) is 0 Å². The molecule has 1 aliphatic heterocycles. The van der Waals surface area contributed by atoms with Crippen LogP contribution >= 0.6 is 0 Å². The largest absolute Gasteiger partial charge is 0.355 e. The monoisotopic (exact) mass is 509 g/mol. The van der Waals surface area contributed by atoms with Crippen LogP contribution in [0.5, 0.6) is 0 Å². The average Bonchev–Trinajstić information content (AvgIpc) is 3.36. The van der Waals surface area contributed by atoms with E-state index in [2.05, 4.69) is 15.0 Å². The van der Waals surface area contributed by atoms with Crippen molar-refractivity contribution in [1.29, 1.82) is 0 Å². The fourth-order valence-electron chi connectivity index (χ4n) is 5.03. The minimum Gasteiger partial charge on any atom is -0.355 e. The third kappa shape index (κ3) is 4.78. The van der Waals surface area contributed by atoms with Crippen molar-refractivity contribution in [2.24, 2.45) is 5.11 Å². The van der Waals surface area contributed by atoms with Crippen LogP contribution in [0.1, 0.15) is 34.9 Å². The van der Waals surface area contributed by atoms with Gasteiger partial charge in [-0.1, -0.05) is 96.1 Å². The summed E-state index contributed by atoms with van der Waals surface area (Å²) in [7, 11) is 0. The van der Waals surface area contributed by atoms with Gasteiger partial charge in [-0.2, -0.15) is 0 Å². The highest BCUT2D eigenvalue weighted by Gasteiger charge is 2.46. The van der Waals surface area contributed by atoms with E-state index in [1.54, 1.807) is 6.92 Å². The van der Waals surface area contributed by atoms with E-state index >= 15 is 0 Å². The van der Waals surface area contributed by atoms with Crippen LogP contribution < -0.4 is 11.2 Å². The Hall–Kier alpha value is -4.43. The molecule has 0 radical (unpaired) electrons. The van der Waals surface area contributed by atoms with E-state index in [-0.39, 0.29) is 6.54 Å². The molecule has 9 nitrogen and oxygen atoms in total. The summed E-state index contributed by atoms with van der Waals surface area (Å²) in [5, 5.41) is 3.76. The Bertz CT molecular complexity index is 1450. The lowest BCUT2D eigenvalue weighted by molar-refractivity contribution is -0.0822. The minimum atomic E-state index is -1.02. The fourth-order valence-corrected chi connectivity index (χ4v) is 5.03.